The van der Waals surface area contributed by atoms with Crippen LogP contribution >= 0.6 is 12.6 Å². The molecule has 2 atom stereocenters. The van der Waals surface area contributed by atoms with Crippen LogP contribution in [0.3, 0.4) is 0 Å². The molecule has 0 aliphatic carbocycles. The van der Waals surface area contributed by atoms with E-state index in [-0.39, 0.29) is 6.04 Å². The van der Waals surface area contributed by atoms with Gasteiger partial charge in [-0.25, -0.2) is 0 Å². The fraction of sp³-hybridized carbons (Fsp3) is 1.00. The average molecular weight is 121 g/mol. The van der Waals surface area contributed by atoms with Crippen molar-refractivity contribution in [3.05, 3.63) is 0 Å². The van der Waals surface area contributed by atoms with Crippen LogP contribution in [0.2, 0.25) is 0 Å². The van der Waals surface area contributed by atoms with Gasteiger partial charge in [0.25, 0.3) is 0 Å². The quantitative estimate of drug-likeness (QED) is 0.436. The molecule has 3 heteroatoms. The topological polar surface area (TPSA) is 46.2 Å². The first-order chi connectivity index (χ1) is 3.18. The summed E-state index contributed by atoms with van der Waals surface area (Å²) in [5.41, 5.74) is 5.29. The van der Waals surface area contributed by atoms with Crippen LogP contribution in [0.4, 0.5) is 0 Å². The third-order valence-electron chi connectivity index (χ3n) is 0.830. The molecule has 0 saturated carbocycles. The molecule has 0 rings (SSSR count). The van der Waals surface area contributed by atoms with E-state index in [0.717, 1.165) is 0 Å². The Bertz CT molecular complexity index is 49.0. The van der Waals surface area contributed by atoms with Crippen molar-refractivity contribution in [2.45, 2.75) is 19.1 Å². The number of hydrogen-bond donors (Lipinski definition) is 3. The minimum absolute atomic E-state index is 0.177. The molecule has 0 aliphatic heterocycles. The molecule has 0 radical (unpaired) electrons. The van der Waals surface area contributed by atoms with Gasteiger partial charge >= 0.3 is 0 Å². The maximum absolute atomic E-state index is 8.65. The van der Waals surface area contributed by atoms with E-state index in [1.54, 1.807) is 6.92 Å². The second kappa shape index (κ2) is 3.29. The molecular weight excluding hydrogens is 110 g/mol. The predicted octanol–water partition coefficient (Wildman–Crippen LogP) is -0.376. The lowest BCUT2D eigenvalue weighted by molar-refractivity contribution is 0.172. The zero-order chi connectivity index (χ0) is 5.86. The van der Waals surface area contributed by atoms with Crippen LogP contribution in [-0.4, -0.2) is 23.0 Å². The molecule has 0 fully saturated rings. The first-order valence-corrected chi connectivity index (χ1v) is 2.86. The van der Waals surface area contributed by atoms with Gasteiger partial charge in [0.1, 0.15) is 0 Å². The highest BCUT2D eigenvalue weighted by Crippen LogP contribution is 1.88. The summed E-state index contributed by atoms with van der Waals surface area (Å²) in [5.74, 6) is 0.539. The Kier molecular flexibility index (Phi) is 3.42. The molecule has 0 aliphatic rings. The van der Waals surface area contributed by atoms with Gasteiger partial charge in [0.05, 0.1) is 6.10 Å². The minimum atomic E-state index is -0.433. The Morgan fingerprint density at radius 1 is 1.86 bits per heavy atom. The van der Waals surface area contributed by atoms with Crippen molar-refractivity contribution in [2.75, 3.05) is 5.75 Å². The van der Waals surface area contributed by atoms with Gasteiger partial charge in [-0.2, -0.15) is 12.6 Å². The molecule has 0 aromatic carbocycles. The molecule has 2 nitrogen and oxygen atoms in total. The Labute approximate surface area is 49.1 Å². The van der Waals surface area contributed by atoms with E-state index in [0.29, 0.717) is 5.75 Å². The van der Waals surface area contributed by atoms with Gasteiger partial charge in [0.2, 0.25) is 0 Å². The lowest BCUT2D eigenvalue weighted by Crippen LogP contribution is -2.33. The molecular formula is C4H11NOS. The smallest absolute Gasteiger partial charge is 0.0670 e. The zero-order valence-electron chi connectivity index (χ0n) is 4.33. The lowest BCUT2D eigenvalue weighted by Gasteiger charge is -2.09. The van der Waals surface area contributed by atoms with Crippen molar-refractivity contribution in [3.63, 3.8) is 0 Å². The van der Waals surface area contributed by atoms with Gasteiger partial charge in [-0.3, -0.25) is 0 Å². The molecule has 3 N–H and O–H groups in total. The maximum atomic E-state index is 8.65. The Hall–Kier alpha value is 0.270. The number of thiol groups is 1. The van der Waals surface area contributed by atoms with Crippen LogP contribution in [-0.2, 0) is 0 Å². The second-order valence-corrected chi connectivity index (χ2v) is 1.95. The molecule has 0 bridgehead atoms. The van der Waals surface area contributed by atoms with E-state index >= 15 is 0 Å². The molecule has 0 aromatic rings. The van der Waals surface area contributed by atoms with E-state index in [9.17, 15) is 0 Å². The van der Waals surface area contributed by atoms with Crippen molar-refractivity contribution >= 4 is 12.6 Å². The summed E-state index contributed by atoms with van der Waals surface area (Å²) in [6.07, 6.45) is -0.433. The summed E-state index contributed by atoms with van der Waals surface area (Å²) in [6, 6.07) is -0.177. The number of nitrogens with two attached hydrogens (primary N) is 1. The summed E-state index contributed by atoms with van der Waals surface area (Å²) in [5, 5.41) is 8.65. The highest BCUT2D eigenvalue weighted by molar-refractivity contribution is 7.80. The van der Waals surface area contributed by atoms with Crippen LogP contribution in [0, 0.1) is 0 Å². The van der Waals surface area contributed by atoms with Crippen LogP contribution < -0.4 is 5.73 Å². The van der Waals surface area contributed by atoms with Crippen molar-refractivity contribution in [1.29, 1.82) is 0 Å². The number of aliphatic hydroxyl groups is 1. The standard InChI is InChI=1S/C4H11NOS/c1-3(6)4(5)2-7/h3-4,6-7H,2,5H2,1H3. The van der Waals surface area contributed by atoms with E-state index in [1.165, 1.54) is 0 Å². The highest BCUT2D eigenvalue weighted by atomic mass is 32.1. The zero-order valence-corrected chi connectivity index (χ0v) is 5.23. The van der Waals surface area contributed by atoms with Gasteiger partial charge in [-0.15, -0.1) is 0 Å². The second-order valence-electron chi connectivity index (χ2n) is 1.59. The maximum Gasteiger partial charge on any atom is 0.0670 e. The van der Waals surface area contributed by atoms with Gasteiger partial charge in [0.15, 0.2) is 0 Å². The lowest BCUT2D eigenvalue weighted by atomic mass is 10.2. The third kappa shape index (κ3) is 2.91. The van der Waals surface area contributed by atoms with E-state index in [4.69, 9.17) is 10.8 Å². The monoisotopic (exact) mass is 121 g/mol. The van der Waals surface area contributed by atoms with E-state index < -0.39 is 6.10 Å². The molecule has 2 unspecified atom stereocenters. The summed E-state index contributed by atoms with van der Waals surface area (Å²) in [6.45, 7) is 1.65. The third-order valence-corrected chi connectivity index (χ3v) is 1.25. The Morgan fingerprint density at radius 2 is 2.29 bits per heavy atom. The molecule has 0 amide bonds. The summed E-state index contributed by atoms with van der Waals surface area (Å²) < 4.78 is 0. The molecule has 0 aromatic heterocycles. The molecule has 7 heavy (non-hydrogen) atoms. The van der Waals surface area contributed by atoms with Crippen molar-refractivity contribution in [2.24, 2.45) is 5.73 Å². The summed E-state index contributed by atoms with van der Waals surface area (Å²) in [7, 11) is 0. The molecule has 44 valence electrons. The van der Waals surface area contributed by atoms with Crippen molar-refractivity contribution in [1.82, 2.24) is 0 Å². The van der Waals surface area contributed by atoms with Crippen molar-refractivity contribution in [3.8, 4) is 0 Å². The van der Waals surface area contributed by atoms with Gasteiger partial charge in [-0.1, -0.05) is 0 Å². The first-order valence-electron chi connectivity index (χ1n) is 2.23. The fourth-order valence-electron chi connectivity index (χ4n) is 0.153. The van der Waals surface area contributed by atoms with Crippen LogP contribution in [0.1, 0.15) is 6.92 Å². The SMILES string of the molecule is CC(O)C(N)CS. The van der Waals surface area contributed by atoms with Gasteiger partial charge in [0, 0.05) is 11.8 Å². The molecule has 0 heterocycles. The molecule has 0 saturated heterocycles. The fourth-order valence-corrected chi connectivity index (χ4v) is 0.458. The summed E-state index contributed by atoms with van der Waals surface area (Å²) in [4.78, 5) is 0. The van der Waals surface area contributed by atoms with Crippen molar-refractivity contribution < 1.29 is 5.11 Å². The Morgan fingerprint density at radius 3 is 2.29 bits per heavy atom. The van der Waals surface area contributed by atoms with E-state index in [1.807, 2.05) is 0 Å². The number of aliphatic hydroxyl groups excluding tert-OH is 1. The highest BCUT2D eigenvalue weighted by Gasteiger charge is 2.04. The van der Waals surface area contributed by atoms with Crippen LogP contribution in [0.25, 0.3) is 0 Å². The predicted molar refractivity (Wildman–Crippen MR) is 33.5 cm³/mol. The minimum Gasteiger partial charge on any atom is -0.392 e. The van der Waals surface area contributed by atoms with Gasteiger partial charge < -0.3 is 10.8 Å². The van der Waals surface area contributed by atoms with Crippen LogP contribution in [0.15, 0.2) is 0 Å². The van der Waals surface area contributed by atoms with Gasteiger partial charge in [-0.05, 0) is 6.92 Å². The normalized spacial score (nSPS) is 18.9. The summed E-state index contributed by atoms with van der Waals surface area (Å²) >= 11 is 3.87. The largest absolute Gasteiger partial charge is 0.392 e. The Balaban J connectivity index is 3.14. The number of hydrogen-bond acceptors (Lipinski definition) is 3. The first kappa shape index (κ1) is 7.27. The average Bonchev–Trinajstić information content (AvgIpc) is 1.65. The van der Waals surface area contributed by atoms with E-state index in [2.05, 4.69) is 12.6 Å². The number of rotatable bonds is 2. The van der Waals surface area contributed by atoms with Crippen LogP contribution in [0.5, 0.6) is 0 Å². The molecule has 0 spiro atoms.